The number of rotatable bonds is 6. The van der Waals surface area contributed by atoms with E-state index in [2.05, 4.69) is 5.32 Å². The van der Waals surface area contributed by atoms with Crippen LogP contribution in [0.25, 0.3) is 10.9 Å². The Morgan fingerprint density at radius 3 is 2.43 bits per heavy atom. The van der Waals surface area contributed by atoms with Crippen molar-refractivity contribution in [1.82, 2.24) is 14.8 Å². The minimum Gasteiger partial charge on any atom is -0.346 e. The van der Waals surface area contributed by atoms with E-state index >= 15 is 0 Å². The summed E-state index contributed by atoms with van der Waals surface area (Å²) < 4.78 is 1.57. The largest absolute Gasteiger partial charge is 0.346 e. The quantitative estimate of drug-likeness (QED) is 0.718. The Labute approximate surface area is 165 Å². The molecule has 1 aromatic heterocycles. The van der Waals surface area contributed by atoms with Crippen LogP contribution in [-0.2, 0) is 11.3 Å². The molecule has 0 spiro atoms. The topological polar surface area (TPSA) is 54.3 Å². The van der Waals surface area contributed by atoms with E-state index in [0.717, 1.165) is 27.6 Å². The lowest BCUT2D eigenvalue weighted by Gasteiger charge is -2.23. The lowest BCUT2D eigenvalue weighted by molar-refractivity contribution is -0.122. The van der Waals surface area contributed by atoms with E-state index in [9.17, 15) is 9.59 Å². The van der Waals surface area contributed by atoms with Gasteiger partial charge in [-0.05, 0) is 44.6 Å². The number of nitrogens with one attached hydrogen (secondary N) is 1. The van der Waals surface area contributed by atoms with Gasteiger partial charge in [-0.3, -0.25) is 14.2 Å². The number of hydrogen-bond donors (Lipinski definition) is 1. The predicted molar refractivity (Wildman–Crippen MR) is 114 cm³/mol. The predicted octanol–water partition coefficient (Wildman–Crippen LogP) is 3.04. The second-order valence-corrected chi connectivity index (χ2v) is 7.52. The van der Waals surface area contributed by atoms with Crippen LogP contribution in [0.4, 0.5) is 0 Å². The number of fused-ring (bicyclic) bond motifs is 1. The average Bonchev–Trinajstić information content (AvgIpc) is 2.65. The van der Waals surface area contributed by atoms with Gasteiger partial charge >= 0.3 is 0 Å². The summed E-state index contributed by atoms with van der Waals surface area (Å²) >= 11 is 0. The summed E-state index contributed by atoms with van der Waals surface area (Å²) in [4.78, 5) is 27.6. The lowest BCUT2D eigenvalue weighted by Crippen LogP contribution is -2.38. The van der Waals surface area contributed by atoms with Crippen LogP contribution in [0.1, 0.15) is 22.7 Å². The number of aryl methyl sites for hydroxylation is 2. The number of benzene rings is 2. The standard InChI is InChI=1S/C23H27N3O2/c1-16-9-8-12-19-17(2)13-22(28)26(23(16)19)15-21(27)24-20(14-25(3)4)18-10-6-5-7-11-18/h5-13,20H,14-15H2,1-4H3,(H,24,27). The van der Waals surface area contributed by atoms with Crippen LogP contribution in [0.3, 0.4) is 0 Å². The number of carbonyl (C=O) groups excluding carboxylic acids is 1. The molecule has 2 aromatic carbocycles. The third-order valence-electron chi connectivity index (χ3n) is 4.93. The Hall–Kier alpha value is -2.92. The molecule has 1 atom stereocenters. The molecule has 0 aliphatic heterocycles. The molecule has 146 valence electrons. The van der Waals surface area contributed by atoms with E-state index in [0.29, 0.717) is 6.54 Å². The number of pyridine rings is 1. The van der Waals surface area contributed by atoms with Crippen LogP contribution in [-0.4, -0.2) is 36.0 Å². The Bertz CT molecular complexity index is 1040. The Balaban J connectivity index is 1.91. The first-order valence-corrected chi connectivity index (χ1v) is 9.45. The van der Waals surface area contributed by atoms with Gasteiger partial charge in [0, 0.05) is 18.0 Å². The van der Waals surface area contributed by atoms with Crippen molar-refractivity contribution in [3.63, 3.8) is 0 Å². The van der Waals surface area contributed by atoms with E-state index in [1.165, 1.54) is 0 Å². The highest BCUT2D eigenvalue weighted by Gasteiger charge is 2.17. The zero-order valence-corrected chi connectivity index (χ0v) is 16.9. The minimum atomic E-state index is -0.175. The first-order valence-electron chi connectivity index (χ1n) is 9.45. The molecule has 3 rings (SSSR count). The number of likely N-dealkylation sites (N-methyl/N-ethyl adjacent to an activating group) is 1. The second-order valence-electron chi connectivity index (χ2n) is 7.52. The molecule has 3 aromatic rings. The van der Waals surface area contributed by atoms with Gasteiger partial charge in [0.25, 0.3) is 5.56 Å². The molecule has 0 bridgehead atoms. The molecule has 28 heavy (non-hydrogen) atoms. The van der Waals surface area contributed by atoms with Crippen molar-refractivity contribution in [3.05, 3.63) is 81.6 Å². The molecule has 0 saturated carbocycles. The van der Waals surface area contributed by atoms with Gasteiger partial charge in [-0.15, -0.1) is 0 Å². The number of hydrogen-bond acceptors (Lipinski definition) is 3. The van der Waals surface area contributed by atoms with Crippen LogP contribution in [0, 0.1) is 13.8 Å². The maximum atomic E-state index is 12.9. The molecular formula is C23H27N3O2. The smallest absolute Gasteiger partial charge is 0.251 e. The van der Waals surface area contributed by atoms with Crippen molar-refractivity contribution in [2.75, 3.05) is 20.6 Å². The molecule has 1 amide bonds. The van der Waals surface area contributed by atoms with Gasteiger partial charge in [0.15, 0.2) is 0 Å². The SMILES string of the molecule is Cc1cc(=O)n(CC(=O)NC(CN(C)C)c2ccccc2)c2c(C)cccc12. The summed E-state index contributed by atoms with van der Waals surface area (Å²) in [6, 6.07) is 17.3. The van der Waals surface area contributed by atoms with Crippen molar-refractivity contribution in [2.45, 2.75) is 26.4 Å². The van der Waals surface area contributed by atoms with Crippen LogP contribution < -0.4 is 10.9 Å². The fourth-order valence-corrected chi connectivity index (χ4v) is 3.61. The third kappa shape index (κ3) is 4.31. The lowest BCUT2D eigenvalue weighted by atomic mass is 10.1. The number of para-hydroxylation sites is 1. The van der Waals surface area contributed by atoms with Crippen molar-refractivity contribution in [1.29, 1.82) is 0 Å². The fourth-order valence-electron chi connectivity index (χ4n) is 3.61. The normalized spacial score (nSPS) is 12.3. The van der Waals surface area contributed by atoms with E-state index < -0.39 is 0 Å². The molecular weight excluding hydrogens is 350 g/mol. The zero-order valence-electron chi connectivity index (χ0n) is 16.9. The van der Waals surface area contributed by atoms with Crippen molar-refractivity contribution < 1.29 is 4.79 Å². The highest BCUT2D eigenvalue weighted by atomic mass is 16.2. The van der Waals surface area contributed by atoms with E-state index in [4.69, 9.17) is 0 Å². The Morgan fingerprint density at radius 2 is 1.75 bits per heavy atom. The molecule has 1 heterocycles. The summed E-state index contributed by atoms with van der Waals surface area (Å²) in [6.07, 6.45) is 0. The molecule has 5 heteroatoms. The number of carbonyl (C=O) groups is 1. The van der Waals surface area contributed by atoms with Gasteiger partial charge in [-0.1, -0.05) is 48.5 Å². The van der Waals surface area contributed by atoms with Gasteiger partial charge in [-0.25, -0.2) is 0 Å². The Kier molecular flexibility index (Phi) is 5.95. The van der Waals surface area contributed by atoms with Gasteiger partial charge in [0.1, 0.15) is 6.54 Å². The van der Waals surface area contributed by atoms with Gasteiger partial charge in [0.2, 0.25) is 5.91 Å². The number of aromatic nitrogens is 1. The molecule has 0 saturated heterocycles. The van der Waals surface area contributed by atoms with Crippen LogP contribution in [0.15, 0.2) is 59.4 Å². The molecule has 0 aliphatic carbocycles. The molecule has 5 nitrogen and oxygen atoms in total. The first-order chi connectivity index (χ1) is 13.4. The molecule has 0 fully saturated rings. The fraction of sp³-hybridized carbons (Fsp3) is 0.304. The van der Waals surface area contributed by atoms with Crippen LogP contribution >= 0.6 is 0 Å². The first kappa shape index (κ1) is 19.8. The summed E-state index contributed by atoms with van der Waals surface area (Å²) in [6.45, 7) is 4.57. The molecule has 0 aliphatic rings. The number of nitrogens with zero attached hydrogens (tertiary/aromatic N) is 2. The molecule has 1 unspecified atom stereocenters. The van der Waals surface area contributed by atoms with Gasteiger partial charge in [-0.2, -0.15) is 0 Å². The summed E-state index contributed by atoms with van der Waals surface area (Å²) in [5.74, 6) is -0.175. The van der Waals surface area contributed by atoms with E-state index in [1.54, 1.807) is 10.6 Å². The van der Waals surface area contributed by atoms with Gasteiger partial charge in [0.05, 0.1) is 11.6 Å². The van der Waals surface area contributed by atoms with E-state index in [1.807, 2.05) is 81.4 Å². The van der Waals surface area contributed by atoms with E-state index in [-0.39, 0.29) is 24.1 Å². The maximum absolute atomic E-state index is 12.9. The second kappa shape index (κ2) is 8.40. The summed E-state index contributed by atoms with van der Waals surface area (Å²) in [5.41, 5.74) is 3.63. The third-order valence-corrected chi connectivity index (χ3v) is 4.93. The van der Waals surface area contributed by atoms with Crippen molar-refractivity contribution in [2.24, 2.45) is 0 Å². The maximum Gasteiger partial charge on any atom is 0.251 e. The highest BCUT2D eigenvalue weighted by Crippen LogP contribution is 2.20. The average molecular weight is 377 g/mol. The van der Waals surface area contributed by atoms with Gasteiger partial charge < -0.3 is 10.2 Å². The number of amides is 1. The molecule has 1 N–H and O–H groups in total. The monoisotopic (exact) mass is 377 g/mol. The Morgan fingerprint density at radius 1 is 1.04 bits per heavy atom. The van der Waals surface area contributed by atoms with Crippen LogP contribution in [0.2, 0.25) is 0 Å². The van der Waals surface area contributed by atoms with Crippen molar-refractivity contribution in [3.8, 4) is 0 Å². The van der Waals surface area contributed by atoms with Crippen molar-refractivity contribution >= 4 is 16.8 Å². The summed E-state index contributed by atoms with van der Waals surface area (Å²) in [5, 5.41) is 4.10. The molecule has 0 radical (unpaired) electrons. The minimum absolute atomic E-state index is 0.00275. The van der Waals surface area contributed by atoms with Crippen LogP contribution in [0.5, 0.6) is 0 Å². The zero-order chi connectivity index (χ0) is 20.3. The summed E-state index contributed by atoms with van der Waals surface area (Å²) in [7, 11) is 3.95. The highest BCUT2D eigenvalue weighted by molar-refractivity contribution is 5.87.